The lowest BCUT2D eigenvalue weighted by atomic mass is 10.1. The summed E-state index contributed by atoms with van der Waals surface area (Å²) in [6.45, 7) is 9.87. The minimum atomic E-state index is -0.00420. The molecule has 0 aromatic heterocycles. The van der Waals surface area contributed by atoms with Gasteiger partial charge in [-0.25, -0.2) is 0 Å². The van der Waals surface area contributed by atoms with Crippen molar-refractivity contribution in [2.75, 3.05) is 49.9 Å². The number of aryl methyl sites for hydroxylation is 1. The molecule has 2 aromatic carbocycles. The van der Waals surface area contributed by atoms with Crippen molar-refractivity contribution in [1.29, 1.82) is 0 Å². The number of piperazine rings is 1. The van der Waals surface area contributed by atoms with Crippen molar-refractivity contribution in [2.24, 2.45) is 0 Å². The summed E-state index contributed by atoms with van der Waals surface area (Å²) in [5, 5.41) is 0. The summed E-state index contributed by atoms with van der Waals surface area (Å²) >= 11 is 0. The Hall–Kier alpha value is -3.02. The third-order valence-electron chi connectivity index (χ3n) is 5.51. The second kappa shape index (κ2) is 8.99. The Kier molecular flexibility index (Phi) is 6.42. The fraction of sp³-hybridized carbons (Fsp3) is 0.391. The van der Waals surface area contributed by atoms with Crippen LogP contribution in [-0.2, 0) is 0 Å². The van der Waals surface area contributed by atoms with Crippen molar-refractivity contribution < 1.29 is 9.59 Å². The van der Waals surface area contributed by atoms with Crippen LogP contribution in [0.25, 0.3) is 0 Å². The van der Waals surface area contributed by atoms with E-state index in [2.05, 4.69) is 4.90 Å². The van der Waals surface area contributed by atoms with E-state index in [0.29, 0.717) is 56.1 Å². The average molecular weight is 395 g/mol. The average Bonchev–Trinajstić information content (AvgIpc) is 2.74. The molecular formula is C23H30N4O2. The number of rotatable bonds is 5. The predicted octanol–water partition coefficient (Wildman–Crippen LogP) is 3.02. The monoisotopic (exact) mass is 394 g/mol. The molecule has 0 spiro atoms. The number of anilines is 2. The number of nitrogens with two attached hydrogens (primary N) is 1. The highest BCUT2D eigenvalue weighted by molar-refractivity contribution is 6.01. The lowest BCUT2D eigenvalue weighted by Crippen LogP contribution is -2.49. The Balaban J connectivity index is 1.74. The standard InChI is InChI=1S/C23H30N4O2/c1-4-25(5-2)23(29)20-16-19(24)10-11-21(20)26-12-14-27(15-13-26)22(28)18-8-6-17(3)7-9-18/h6-11,16H,4-5,12-15,24H2,1-3H3. The van der Waals surface area contributed by atoms with Crippen LogP contribution in [0.3, 0.4) is 0 Å². The minimum Gasteiger partial charge on any atom is -0.399 e. The zero-order chi connectivity index (χ0) is 21.0. The Bertz CT molecular complexity index is 867. The summed E-state index contributed by atoms with van der Waals surface area (Å²) in [5.74, 6) is 0.0526. The van der Waals surface area contributed by atoms with Crippen molar-refractivity contribution in [3.63, 3.8) is 0 Å². The van der Waals surface area contributed by atoms with E-state index in [4.69, 9.17) is 5.73 Å². The number of hydrogen-bond donors (Lipinski definition) is 1. The van der Waals surface area contributed by atoms with Crippen LogP contribution < -0.4 is 10.6 Å². The molecule has 3 rings (SSSR count). The molecule has 1 saturated heterocycles. The van der Waals surface area contributed by atoms with Crippen molar-refractivity contribution in [3.05, 3.63) is 59.2 Å². The lowest BCUT2D eigenvalue weighted by molar-refractivity contribution is 0.0740. The Morgan fingerprint density at radius 2 is 1.59 bits per heavy atom. The summed E-state index contributed by atoms with van der Waals surface area (Å²) in [7, 11) is 0. The van der Waals surface area contributed by atoms with E-state index >= 15 is 0 Å². The summed E-state index contributed by atoms with van der Waals surface area (Å²) < 4.78 is 0. The van der Waals surface area contributed by atoms with Gasteiger partial charge in [-0.2, -0.15) is 0 Å². The second-order valence-corrected chi connectivity index (χ2v) is 7.40. The lowest BCUT2D eigenvalue weighted by Gasteiger charge is -2.37. The maximum atomic E-state index is 13.0. The first kappa shape index (κ1) is 20.7. The molecule has 6 heteroatoms. The molecule has 1 fully saturated rings. The van der Waals surface area contributed by atoms with Crippen LogP contribution in [0.4, 0.5) is 11.4 Å². The van der Waals surface area contributed by atoms with Crippen molar-refractivity contribution in [3.8, 4) is 0 Å². The van der Waals surface area contributed by atoms with Gasteiger partial charge in [0.2, 0.25) is 0 Å². The largest absolute Gasteiger partial charge is 0.399 e. The number of benzene rings is 2. The third kappa shape index (κ3) is 4.53. The van der Waals surface area contributed by atoms with Gasteiger partial charge in [0.05, 0.1) is 5.56 Å². The van der Waals surface area contributed by atoms with Crippen molar-refractivity contribution in [1.82, 2.24) is 9.80 Å². The molecule has 2 N–H and O–H groups in total. The van der Waals surface area contributed by atoms with Crippen LogP contribution in [0.5, 0.6) is 0 Å². The highest BCUT2D eigenvalue weighted by Gasteiger charge is 2.26. The molecule has 29 heavy (non-hydrogen) atoms. The SMILES string of the molecule is CCN(CC)C(=O)c1cc(N)ccc1N1CCN(C(=O)c2ccc(C)cc2)CC1. The number of hydrogen-bond acceptors (Lipinski definition) is 4. The molecule has 0 saturated carbocycles. The number of carbonyl (C=O) groups excluding carboxylic acids is 2. The molecule has 154 valence electrons. The van der Waals surface area contributed by atoms with Gasteiger partial charge in [-0.3, -0.25) is 9.59 Å². The topological polar surface area (TPSA) is 69.9 Å². The highest BCUT2D eigenvalue weighted by atomic mass is 16.2. The van der Waals surface area contributed by atoms with Gasteiger partial charge in [0, 0.05) is 56.2 Å². The van der Waals surface area contributed by atoms with Crippen LogP contribution >= 0.6 is 0 Å². The first-order chi connectivity index (χ1) is 13.9. The van der Waals surface area contributed by atoms with Crippen LogP contribution in [0.15, 0.2) is 42.5 Å². The second-order valence-electron chi connectivity index (χ2n) is 7.40. The molecule has 2 amide bonds. The fourth-order valence-corrected chi connectivity index (χ4v) is 3.71. The Labute approximate surface area is 172 Å². The van der Waals surface area contributed by atoms with Gasteiger partial charge >= 0.3 is 0 Å². The van der Waals surface area contributed by atoms with Gasteiger partial charge in [-0.05, 0) is 51.1 Å². The van der Waals surface area contributed by atoms with Gasteiger partial charge in [-0.1, -0.05) is 17.7 Å². The zero-order valence-electron chi connectivity index (χ0n) is 17.5. The van der Waals surface area contributed by atoms with Crippen LogP contribution in [-0.4, -0.2) is 60.9 Å². The quantitative estimate of drug-likeness (QED) is 0.792. The molecule has 0 unspecified atom stereocenters. The molecule has 6 nitrogen and oxygen atoms in total. The summed E-state index contributed by atoms with van der Waals surface area (Å²) in [6.07, 6.45) is 0. The fourth-order valence-electron chi connectivity index (χ4n) is 3.71. The zero-order valence-corrected chi connectivity index (χ0v) is 17.5. The maximum Gasteiger partial charge on any atom is 0.256 e. The number of carbonyl (C=O) groups is 2. The minimum absolute atomic E-state index is 0.00420. The molecular weight excluding hydrogens is 364 g/mol. The van der Waals surface area contributed by atoms with Crippen LogP contribution in [0, 0.1) is 6.92 Å². The smallest absolute Gasteiger partial charge is 0.256 e. The van der Waals surface area contributed by atoms with Gasteiger partial charge in [0.15, 0.2) is 0 Å². The molecule has 0 aliphatic carbocycles. The Morgan fingerprint density at radius 3 is 2.17 bits per heavy atom. The molecule has 1 aliphatic rings. The van der Waals surface area contributed by atoms with Gasteiger partial charge in [0.1, 0.15) is 0 Å². The van der Waals surface area contributed by atoms with Crippen molar-refractivity contribution >= 4 is 23.2 Å². The normalized spacial score (nSPS) is 14.0. The van der Waals surface area contributed by atoms with Gasteiger partial charge < -0.3 is 20.4 Å². The Morgan fingerprint density at radius 1 is 0.966 bits per heavy atom. The van der Waals surface area contributed by atoms with E-state index in [0.717, 1.165) is 11.3 Å². The van der Waals surface area contributed by atoms with E-state index in [-0.39, 0.29) is 11.8 Å². The van der Waals surface area contributed by atoms with Crippen LogP contribution in [0.1, 0.15) is 40.1 Å². The number of nitrogen functional groups attached to an aromatic ring is 1. The van der Waals surface area contributed by atoms with Gasteiger partial charge in [0.25, 0.3) is 11.8 Å². The third-order valence-corrected chi connectivity index (χ3v) is 5.51. The van der Waals surface area contributed by atoms with Gasteiger partial charge in [-0.15, -0.1) is 0 Å². The molecule has 1 aliphatic heterocycles. The van der Waals surface area contributed by atoms with Crippen LogP contribution in [0.2, 0.25) is 0 Å². The molecule has 0 bridgehead atoms. The highest BCUT2D eigenvalue weighted by Crippen LogP contribution is 2.26. The molecule has 0 atom stereocenters. The maximum absolute atomic E-state index is 13.0. The first-order valence-corrected chi connectivity index (χ1v) is 10.2. The predicted molar refractivity (Wildman–Crippen MR) is 117 cm³/mol. The van der Waals surface area contributed by atoms with E-state index in [9.17, 15) is 9.59 Å². The number of amides is 2. The summed E-state index contributed by atoms with van der Waals surface area (Å²) in [5.41, 5.74) is 9.93. The van der Waals surface area contributed by atoms with E-state index < -0.39 is 0 Å². The van der Waals surface area contributed by atoms with Crippen molar-refractivity contribution in [2.45, 2.75) is 20.8 Å². The van der Waals surface area contributed by atoms with E-state index in [1.165, 1.54) is 0 Å². The van der Waals surface area contributed by atoms with E-state index in [1.807, 2.05) is 62.1 Å². The first-order valence-electron chi connectivity index (χ1n) is 10.2. The summed E-state index contributed by atoms with van der Waals surface area (Å²) in [6, 6.07) is 13.2. The molecule has 1 heterocycles. The number of nitrogens with zero attached hydrogens (tertiary/aromatic N) is 3. The molecule has 0 radical (unpaired) electrons. The van der Waals surface area contributed by atoms with E-state index in [1.54, 1.807) is 11.0 Å². The summed E-state index contributed by atoms with van der Waals surface area (Å²) in [4.78, 5) is 31.6. The molecule has 2 aromatic rings.